The summed E-state index contributed by atoms with van der Waals surface area (Å²) < 4.78 is 5.57. The van der Waals surface area contributed by atoms with Gasteiger partial charge in [0.05, 0.1) is 12.5 Å². The molecule has 0 amide bonds. The first kappa shape index (κ1) is 15.3. The molecule has 0 unspecified atom stereocenters. The van der Waals surface area contributed by atoms with Gasteiger partial charge < -0.3 is 9.73 Å². The van der Waals surface area contributed by atoms with Crippen molar-refractivity contribution in [3.05, 3.63) is 29.1 Å². The van der Waals surface area contributed by atoms with Crippen LogP contribution in [0.3, 0.4) is 0 Å². The van der Waals surface area contributed by atoms with E-state index in [0.717, 1.165) is 25.8 Å². The number of ketones is 1. The van der Waals surface area contributed by atoms with E-state index in [0.29, 0.717) is 22.0 Å². The van der Waals surface area contributed by atoms with Gasteiger partial charge in [-0.2, -0.15) is 0 Å². The molecule has 6 heteroatoms. The van der Waals surface area contributed by atoms with Crippen molar-refractivity contribution in [1.82, 2.24) is 10.3 Å². The van der Waals surface area contributed by atoms with Gasteiger partial charge in [0.1, 0.15) is 5.52 Å². The molecule has 1 aromatic carbocycles. The second kappa shape index (κ2) is 6.57. The average molecular weight is 315 g/mol. The molecule has 0 bridgehead atoms. The van der Waals surface area contributed by atoms with Gasteiger partial charge in [0, 0.05) is 5.02 Å². The summed E-state index contributed by atoms with van der Waals surface area (Å²) in [5.41, 5.74) is 1.37. The summed E-state index contributed by atoms with van der Waals surface area (Å²) in [4.78, 5) is 16.4. The van der Waals surface area contributed by atoms with Crippen molar-refractivity contribution in [2.45, 2.75) is 31.7 Å². The quantitative estimate of drug-likeness (QED) is 0.945. The lowest BCUT2D eigenvalue weighted by atomic mass is 9.99. The van der Waals surface area contributed by atoms with E-state index in [-0.39, 0.29) is 30.7 Å². The number of aromatic nitrogens is 1. The van der Waals surface area contributed by atoms with E-state index in [1.807, 2.05) is 0 Å². The molecule has 0 saturated carbocycles. The molecule has 2 aromatic rings. The number of carbonyl (C=O) groups is 1. The Bertz CT molecular complexity index is 606. The zero-order valence-corrected chi connectivity index (χ0v) is 12.5. The monoisotopic (exact) mass is 314 g/mol. The Hall–Kier alpha value is -1.10. The normalized spacial score (nSPS) is 18.8. The van der Waals surface area contributed by atoms with Gasteiger partial charge in [-0.15, -0.1) is 12.4 Å². The number of rotatable bonds is 3. The molecule has 1 aliphatic rings. The molecule has 1 N–H and O–H groups in total. The Kier molecular flexibility index (Phi) is 5.02. The molecule has 2 heterocycles. The highest BCUT2D eigenvalue weighted by Gasteiger charge is 2.22. The number of nitrogens with zero attached hydrogens (tertiary/aromatic N) is 1. The summed E-state index contributed by atoms with van der Waals surface area (Å²) in [7, 11) is 0. The smallest absolute Gasteiger partial charge is 0.202 e. The molecule has 1 aromatic heterocycles. The van der Waals surface area contributed by atoms with Gasteiger partial charge in [-0.25, -0.2) is 4.98 Å². The Balaban J connectivity index is 0.00000147. The molecule has 1 atom stereocenters. The number of fused-ring (bicyclic) bond motifs is 1. The molecule has 20 heavy (non-hydrogen) atoms. The van der Waals surface area contributed by atoms with Crippen LogP contribution in [-0.4, -0.2) is 23.4 Å². The highest BCUT2D eigenvalue weighted by molar-refractivity contribution is 6.31. The zero-order valence-electron chi connectivity index (χ0n) is 10.9. The molecular formula is C14H16Cl2N2O2. The van der Waals surface area contributed by atoms with E-state index < -0.39 is 0 Å². The third-order valence-electron chi connectivity index (χ3n) is 3.42. The lowest BCUT2D eigenvalue weighted by Gasteiger charge is -2.21. The topological polar surface area (TPSA) is 55.1 Å². The second-order valence-corrected chi connectivity index (χ2v) is 5.30. The summed E-state index contributed by atoms with van der Waals surface area (Å²) >= 11 is 5.90. The predicted molar refractivity (Wildman–Crippen MR) is 80.6 cm³/mol. The van der Waals surface area contributed by atoms with Crippen molar-refractivity contribution < 1.29 is 9.21 Å². The minimum atomic E-state index is -0.0487. The largest absolute Gasteiger partial charge is 0.440 e. The zero-order chi connectivity index (χ0) is 13.2. The molecule has 1 fully saturated rings. The number of Topliss-reactive ketones (excluding diaryl/α,β-unsaturated/α-hetero) is 1. The van der Waals surface area contributed by atoms with Crippen LogP contribution in [0.5, 0.6) is 0 Å². The second-order valence-electron chi connectivity index (χ2n) is 4.87. The predicted octanol–water partition coefficient (Wildman–Crippen LogP) is 3.16. The van der Waals surface area contributed by atoms with Gasteiger partial charge in [-0.1, -0.05) is 18.0 Å². The van der Waals surface area contributed by atoms with E-state index in [9.17, 15) is 4.79 Å². The fourth-order valence-corrected chi connectivity index (χ4v) is 2.59. The molecule has 0 aliphatic carbocycles. The van der Waals surface area contributed by atoms with Crippen molar-refractivity contribution in [3.63, 3.8) is 0 Å². The fourth-order valence-electron chi connectivity index (χ4n) is 2.42. The van der Waals surface area contributed by atoms with E-state index >= 15 is 0 Å². The molecule has 4 nitrogen and oxygen atoms in total. The molecule has 0 spiro atoms. The number of benzene rings is 1. The van der Waals surface area contributed by atoms with Gasteiger partial charge in [0.2, 0.25) is 5.89 Å². The summed E-state index contributed by atoms with van der Waals surface area (Å²) in [6.07, 6.45) is 3.40. The van der Waals surface area contributed by atoms with Crippen LogP contribution < -0.4 is 5.32 Å². The van der Waals surface area contributed by atoms with E-state index in [2.05, 4.69) is 10.3 Å². The van der Waals surface area contributed by atoms with Gasteiger partial charge >= 0.3 is 0 Å². The average Bonchev–Trinajstić information content (AvgIpc) is 2.81. The fraction of sp³-hybridized carbons (Fsp3) is 0.429. The van der Waals surface area contributed by atoms with Crippen LogP contribution in [-0.2, 0) is 11.2 Å². The Morgan fingerprint density at radius 1 is 1.45 bits per heavy atom. The SMILES string of the molecule is Cl.O=C(Cc1nc2cc(Cl)ccc2o1)[C@@H]1CCCCN1. The minimum Gasteiger partial charge on any atom is -0.440 e. The van der Waals surface area contributed by atoms with Crippen LogP contribution in [0.4, 0.5) is 0 Å². The molecule has 0 radical (unpaired) electrons. The molecule has 3 rings (SSSR count). The first-order valence-corrected chi connectivity index (χ1v) is 6.91. The number of hydrogen-bond acceptors (Lipinski definition) is 4. The maximum Gasteiger partial charge on any atom is 0.202 e. The van der Waals surface area contributed by atoms with Crippen molar-refractivity contribution in [2.75, 3.05) is 6.54 Å². The van der Waals surface area contributed by atoms with Gasteiger partial charge in [0.25, 0.3) is 0 Å². The highest BCUT2D eigenvalue weighted by atomic mass is 35.5. The van der Waals surface area contributed by atoms with Gasteiger partial charge in [-0.3, -0.25) is 4.79 Å². The first-order valence-electron chi connectivity index (χ1n) is 6.53. The van der Waals surface area contributed by atoms with E-state index in [1.165, 1.54) is 0 Å². The van der Waals surface area contributed by atoms with Gasteiger partial charge in [0.15, 0.2) is 11.4 Å². The van der Waals surface area contributed by atoms with Crippen LogP contribution in [0.1, 0.15) is 25.2 Å². The number of nitrogens with one attached hydrogen (secondary N) is 1. The Morgan fingerprint density at radius 3 is 3.05 bits per heavy atom. The maximum atomic E-state index is 12.1. The number of halogens is 2. The van der Waals surface area contributed by atoms with Crippen LogP contribution in [0.25, 0.3) is 11.1 Å². The maximum absolute atomic E-state index is 12.1. The van der Waals surface area contributed by atoms with Crippen molar-refractivity contribution >= 4 is 40.9 Å². The van der Waals surface area contributed by atoms with Gasteiger partial charge in [-0.05, 0) is 37.6 Å². The lowest BCUT2D eigenvalue weighted by Crippen LogP contribution is -2.41. The Labute approximate surface area is 128 Å². The summed E-state index contributed by atoms with van der Waals surface area (Å²) in [5, 5.41) is 3.86. The molecule has 1 aliphatic heterocycles. The highest BCUT2D eigenvalue weighted by Crippen LogP contribution is 2.20. The lowest BCUT2D eigenvalue weighted by molar-refractivity contribution is -0.121. The van der Waals surface area contributed by atoms with E-state index in [4.69, 9.17) is 16.0 Å². The number of hydrogen-bond donors (Lipinski definition) is 1. The summed E-state index contributed by atoms with van der Waals surface area (Å²) in [5.74, 6) is 0.618. The standard InChI is InChI=1S/C14H15ClN2O2.ClH/c15-9-4-5-13-11(7-9)17-14(19-13)8-12(18)10-3-1-2-6-16-10;/h4-5,7,10,16H,1-3,6,8H2;1H/t10-;/m0./s1. The molecular weight excluding hydrogens is 299 g/mol. The minimum absolute atomic E-state index is 0. The third-order valence-corrected chi connectivity index (χ3v) is 3.65. The number of carbonyl (C=O) groups excluding carboxylic acids is 1. The van der Waals surface area contributed by atoms with E-state index in [1.54, 1.807) is 18.2 Å². The van der Waals surface area contributed by atoms with Crippen LogP contribution in [0.2, 0.25) is 5.02 Å². The Morgan fingerprint density at radius 2 is 2.30 bits per heavy atom. The molecule has 1 saturated heterocycles. The summed E-state index contributed by atoms with van der Waals surface area (Å²) in [6.45, 7) is 0.916. The third kappa shape index (κ3) is 3.32. The summed E-state index contributed by atoms with van der Waals surface area (Å²) in [6, 6.07) is 5.22. The molecule has 108 valence electrons. The van der Waals surface area contributed by atoms with Crippen LogP contribution in [0, 0.1) is 0 Å². The van der Waals surface area contributed by atoms with Crippen LogP contribution in [0.15, 0.2) is 22.6 Å². The van der Waals surface area contributed by atoms with Crippen molar-refractivity contribution in [2.24, 2.45) is 0 Å². The van der Waals surface area contributed by atoms with Crippen molar-refractivity contribution in [3.8, 4) is 0 Å². The van der Waals surface area contributed by atoms with Crippen molar-refractivity contribution in [1.29, 1.82) is 0 Å². The number of oxazole rings is 1. The number of piperidine rings is 1. The van der Waals surface area contributed by atoms with Crippen LogP contribution >= 0.6 is 24.0 Å². The first-order chi connectivity index (χ1) is 9.22.